The molecule has 3 aromatic heterocycles. The summed E-state index contributed by atoms with van der Waals surface area (Å²) in [5, 5.41) is 17.6. The van der Waals surface area contributed by atoms with E-state index in [4.69, 9.17) is 4.74 Å². The molecule has 0 saturated carbocycles. The number of anilines is 1. The summed E-state index contributed by atoms with van der Waals surface area (Å²) in [4.78, 5) is 12.3. The molecule has 162 valence electrons. The largest absolute Gasteiger partial charge is 0.497 e. The van der Waals surface area contributed by atoms with Gasteiger partial charge in [-0.1, -0.05) is 24.3 Å². The van der Waals surface area contributed by atoms with Crippen molar-refractivity contribution in [1.29, 1.82) is 0 Å². The fourth-order valence-electron chi connectivity index (χ4n) is 4.07. The van der Waals surface area contributed by atoms with Crippen LogP contribution in [0.25, 0.3) is 4.96 Å². The molecule has 4 heterocycles. The van der Waals surface area contributed by atoms with Gasteiger partial charge in [0, 0.05) is 43.2 Å². The van der Waals surface area contributed by atoms with E-state index in [0.29, 0.717) is 0 Å². The second kappa shape index (κ2) is 8.49. The molecule has 1 N–H and O–H groups in total. The molecule has 1 aliphatic rings. The number of hydrogen-bond donors (Lipinski definition) is 1. The molecule has 7 nitrogen and oxygen atoms in total. The molecule has 5 rings (SSSR count). The Bertz CT molecular complexity index is 1140. The number of methoxy groups -OCH3 is 1. The molecule has 9 heteroatoms. The highest BCUT2D eigenvalue weighted by Crippen LogP contribution is 2.41. The molecule has 1 fully saturated rings. The van der Waals surface area contributed by atoms with Gasteiger partial charge in [0.05, 0.1) is 18.0 Å². The first-order valence-electron chi connectivity index (χ1n) is 10.4. The molecule has 1 saturated heterocycles. The van der Waals surface area contributed by atoms with E-state index in [1.54, 1.807) is 23.0 Å². The molecule has 1 aromatic carbocycles. The van der Waals surface area contributed by atoms with Crippen LogP contribution >= 0.6 is 22.7 Å². The number of hydrogen-bond acceptors (Lipinski definition) is 8. The summed E-state index contributed by atoms with van der Waals surface area (Å²) in [5.41, 5.74) is 1.21. The SMILES string of the molecule is CCc1nc2sc([C@@H](c3cccs3)N3CCN(c4ccc(OC)cc4)CC3)c(O)n2n1. The summed E-state index contributed by atoms with van der Waals surface area (Å²) < 4.78 is 6.87. The monoisotopic (exact) mass is 455 g/mol. The minimum atomic E-state index is 0.0107. The Morgan fingerprint density at radius 3 is 2.52 bits per heavy atom. The number of aryl methyl sites for hydroxylation is 1. The van der Waals surface area contributed by atoms with Gasteiger partial charge < -0.3 is 14.7 Å². The fraction of sp³-hybridized carbons (Fsp3) is 0.364. The summed E-state index contributed by atoms with van der Waals surface area (Å²) in [6, 6.07) is 12.5. The number of thiophene rings is 1. The normalized spacial score (nSPS) is 16.1. The maximum Gasteiger partial charge on any atom is 0.230 e. The van der Waals surface area contributed by atoms with Crippen molar-refractivity contribution in [2.75, 3.05) is 38.2 Å². The lowest BCUT2D eigenvalue weighted by atomic mass is 10.1. The van der Waals surface area contributed by atoms with Gasteiger partial charge in [-0.3, -0.25) is 4.90 Å². The Morgan fingerprint density at radius 1 is 1.13 bits per heavy atom. The highest BCUT2D eigenvalue weighted by Gasteiger charge is 2.32. The highest BCUT2D eigenvalue weighted by molar-refractivity contribution is 7.17. The van der Waals surface area contributed by atoms with Crippen molar-refractivity contribution in [2.24, 2.45) is 0 Å². The van der Waals surface area contributed by atoms with Gasteiger partial charge in [0.1, 0.15) is 5.75 Å². The third-order valence-electron chi connectivity index (χ3n) is 5.74. The Balaban J connectivity index is 1.40. The van der Waals surface area contributed by atoms with Crippen molar-refractivity contribution in [3.05, 3.63) is 57.4 Å². The Hall–Kier alpha value is -2.62. The molecule has 0 unspecified atom stereocenters. The zero-order valence-corrected chi connectivity index (χ0v) is 19.2. The Kier molecular flexibility index (Phi) is 5.56. The standard InChI is InChI=1S/C22H25N5O2S2/c1-3-18-23-22-27(24-18)21(28)20(31-22)19(17-5-4-14-30-17)26-12-10-25(11-13-26)15-6-8-16(29-2)9-7-15/h4-9,14,19,28H,3,10-13H2,1-2H3/t19-/m1/s1. The van der Waals surface area contributed by atoms with E-state index in [-0.39, 0.29) is 11.9 Å². The number of aromatic hydroxyl groups is 1. The van der Waals surface area contributed by atoms with Gasteiger partial charge in [0.25, 0.3) is 0 Å². The third kappa shape index (κ3) is 3.77. The number of thiazole rings is 1. The smallest absolute Gasteiger partial charge is 0.230 e. The van der Waals surface area contributed by atoms with Crippen LogP contribution in [0, 0.1) is 0 Å². The van der Waals surface area contributed by atoms with Gasteiger partial charge in [-0.25, -0.2) is 4.98 Å². The topological polar surface area (TPSA) is 66.1 Å². The maximum absolute atomic E-state index is 11.0. The van der Waals surface area contributed by atoms with Crippen LogP contribution < -0.4 is 9.64 Å². The number of nitrogens with zero attached hydrogens (tertiary/aromatic N) is 5. The number of piperazine rings is 1. The van der Waals surface area contributed by atoms with Gasteiger partial charge in [-0.15, -0.1) is 16.4 Å². The van der Waals surface area contributed by atoms with Gasteiger partial charge in [-0.2, -0.15) is 4.52 Å². The molecule has 0 amide bonds. The minimum absolute atomic E-state index is 0.0107. The first kappa shape index (κ1) is 20.3. The van der Waals surface area contributed by atoms with Crippen molar-refractivity contribution >= 4 is 33.3 Å². The lowest BCUT2D eigenvalue weighted by Crippen LogP contribution is -2.47. The third-order valence-corrected chi connectivity index (χ3v) is 7.74. The second-order valence-corrected chi connectivity index (χ2v) is 9.49. The molecule has 0 radical (unpaired) electrons. The van der Waals surface area contributed by atoms with E-state index >= 15 is 0 Å². The van der Waals surface area contributed by atoms with E-state index in [1.807, 2.05) is 19.1 Å². The zero-order valence-electron chi connectivity index (χ0n) is 17.6. The van der Waals surface area contributed by atoms with E-state index < -0.39 is 0 Å². The van der Waals surface area contributed by atoms with Crippen LogP contribution in [0.15, 0.2) is 41.8 Å². The molecular weight excluding hydrogens is 430 g/mol. The average Bonchev–Trinajstić information content (AvgIpc) is 3.54. The van der Waals surface area contributed by atoms with Crippen LogP contribution in [-0.4, -0.2) is 57.9 Å². The molecule has 0 spiro atoms. The maximum atomic E-state index is 11.0. The first-order valence-corrected chi connectivity index (χ1v) is 12.1. The zero-order chi connectivity index (χ0) is 21.4. The van der Waals surface area contributed by atoms with Crippen LogP contribution in [0.1, 0.15) is 28.5 Å². The van der Waals surface area contributed by atoms with Crippen LogP contribution in [-0.2, 0) is 6.42 Å². The number of benzene rings is 1. The van der Waals surface area contributed by atoms with Crippen LogP contribution in [0.5, 0.6) is 11.6 Å². The lowest BCUT2D eigenvalue weighted by Gasteiger charge is -2.39. The quantitative estimate of drug-likeness (QED) is 0.473. The van der Waals surface area contributed by atoms with Gasteiger partial charge in [-0.05, 0) is 35.7 Å². The summed E-state index contributed by atoms with van der Waals surface area (Å²) in [6.45, 7) is 5.68. The van der Waals surface area contributed by atoms with Gasteiger partial charge >= 0.3 is 0 Å². The van der Waals surface area contributed by atoms with Crippen molar-refractivity contribution in [1.82, 2.24) is 19.5 Å². The van der Waals surface area contributed by atoms with Crippen LogP contribution in [0.2, 0.25) is 0 Å². The van der Waals surface area contributed by atoms with E-state index in [1.165, 1.54) is 21.9 Å². The van der Waals surface area contributed by atoms with Crippen LogP contribution in [0.4, 0.5) is 5.69 Å². The molecule has 1 atom stereocenters. The average molecular weight is 456 g/mol. The van der Waals surface area contributed by atoms with Gasteiger partial charge in [0.15, 0.2) is 5.82 Å². The predicted octanol–water partition coefficient (Wildman–Crippen LogP) is 4.04. The van der Waals surface area contributed by atoms with Crippen molar-refractivity contribution < 1.29 is 9.84 Å². The van der Waals surface area contributed by atoms with E-state index in [2.05, 4.69) is 49.5 Å². The summed E-state index contributed by atoms with van der Waals surface area (Å²) in [5.74, 6) is 1.84. The Morgan fingerprint density at radius 2 is 1.90 bits per heavy atom. The second-order valence-electron chi connectivity index (χ2n) is 7.50. The fourth-order valence-corrected chi connectivity index (χ4v) is 6.14. The van der Waals surface area contributed by atoms with Crippen molar-refractivity contribution in [3.8, 4) is 11.6 Å². The number of rotatable bonds is 6. The van der Waals surface area contributed by atoms with Crippen LogP contribution in [0.3, 0.4) is 0 Å². The Labute approximate surface area is 189 Å². The first-order chi connectivity index (χ1) is 15.2. The van der Waals surface area contributed by atoms with Crippen molar-refractivity contribution in [2.45, 2.75) is 19.4 Å². The highest BCUT2D eigenvalue weighted by atomic mass is 32.1. The molecule has 1 aliphatic heterocycles. The molecule has 4 aromatic rings. The summed E-state index contributed by atoms with van der Waals surface area (Å²) in [7, 11) is 1.69. The van der Waals surface area contributed by atoms with E-state index in [0.717, 1.165) is 54.0 Å². The molecule has 0 aliphatic carbocycles. The minimum Gasteiger partial charge on any atom is -0.497 e. The number of ether oxygens (including phenoxy) is 1. The lowest BCUT2D eigenvalue weighted by molar-refractivity contribution is 0.213. The number of fused-ring (bicyclic) bond motifs is 1. The van der Waals surface area contributed by atoms with E-state index in [9.17, 15) is 5.11 Å². The summed E-state index contributed by atoms with van der Waals surface area (Å²) >= 11 is 3.26. The predicted molar refractivity (Wildman–Crippen MR) is 125 cm³/mol. The summed E-state index contributed by atoms with van der Waals surface area (Å²) in [6.07, 6.45) is 0.755. The molecular formula is C22H25N5O2S2. The number of aromatic nitrogens is 3. The molecule has 0 bridgehead atoms. The van der Waals surface area contributed by atoms with Gasteiger partial charge in [0.2, 0.25) is 10.8 Å². The van der Waals surface area contributed by atoms with Crippen molar-refractivity contribution in [3.63, 3.8) is 0 Å². The molecule has 31 heavy (non-hydrogen) atoms.